The minimum Gasteiger partial charge on any atom is -0.481 e. The number of thioether (sulfide) groups is 1. The molecular weight excluding hydrogens is 308 g/mol. The standard InChI is InChI=1S/C15H17ClN2O2S/c1-9(2)13-7-14(21-8-15(19)20)18(17-13)11-5-4-10(3)12(16)6-11/h4-7,9H,8H2,1-3H3,(H,19,20). The summed E-state index contributed by atoms with van der Waals surface area (Å²) in [6, 6.07) is 7.65. The molecule has 6 heteroatoms. The first-order chi connectivity index (χ1) is 9.88. The van der Waals surface area contributed by atoms with Gasteiger partial charge in [-0.3, -0.25) is 4.79 Å². The molecule has 1 aromatic carbocycles. The molecule has 1 aromatic heterocycles. The summed E-state index contributed by atoms with van der Waals surface area (Å²) < 4.78 is 1.76. The molecule has 2 rings (SSSR count). The molecule has 0 aliphatic heterocycles. The summed E-state index contributed by atoms with van der Waals surface area (Å²) in [5.74, 6) is -0.569. The van der Waals surface area contributed by atoms with E-state index in [1.165, 1.54) is 11.8 Å². The number of nitrogens with zero attached hydrogens (tertiary/aromatic N) is 2. The molecule has 0 spiro atoms. The van der Waals surface area contributed by atoms with Gasteiger partial charge in [-0.05, 0) is 36.6 Å². The van der Waals surface area contributed by atoms with Crippen LogP contribution < -0.4 is 0 Å². The zero-order valence-electron chi connectivity index (χ0n) is 12.1. The molecule has 112 valence electrons. The van der Waals surface area contributed by atoms with Crippen LogP contribution in [0.3, 0.4) is 0 Å². The van der Waals surface area contributed by atoms with Gasteiger partial charge in [0, 0.05) is 5.02 Å². The molecular formula is C15H17ClN2O2S. The van der Waals surface area contributed by atoms with Crippen LogP contribution in [0.2, 0.25) is 5.02 Å². The zero-order valence-corrected chi connectivity index (χ0v) is 13.7. The number of aliphatic carboxylic acids is 1. The lowest BCUT2D eigenvalue weighted by atomic mass is 10.1. The molecule has 0 saturated carbocycles. The van der Waals surface area contributed by atoms with Gasteiger partial charge in [0.05, 0.1) is 17.1 Å². The Morgan fingerprint density at radius 1 is 1.43 bits per heavy atom. The SMILES string of the molecule is Cc1ccc(-n2nc(C(C)C)cc2SCC(=O)O)cc1Cl. The molecule has 2 aromatic rings. The van der Waals surface area contributed by atoms with Crippen molar-refractivity contribution in [1.29, 1.82) is 0 Å². The third kappa shape index (κ3) is 3.80. The van der Waals surface area contributed by atoms with Crippen molar-refractivity contribution in [3.05, 3.63) is 40.5 Å². The first kappa shape index (κ1) is 15.9. The van der Waals surface area contributed by atoms with Gasteiger partial charge in [-0.15, -0.1) is 0 Å². The van der Waals surface area contributed by atoms with E-state index in [1.807, 2.05) is 31.2 Å². The maximum Gasteiger partial charge on any atom is 0.313 e. The minimum absolute atomic E-state index is 0.00280. The molecule has 0 aliphatic rings. The van der Waals surface area contributed by atoms with E-state index in [4.69, 9.17) is 16.7 Å². The second kappa shape index (κ2) is 6.54. The van der Waals surface area contributed by atoms with Crippen LogP contribution >= 0.6 is 23.4 Å². The highest BCUT2D eigenvalue weighted by atomic mass is 35.5. The Kier molecular flexibility index (Phi) is 4.96. The molecule has 0 aliphatic carbocycles. The van der Waals surface area contributed by atoms with Crippen LogP contribution in [0.5, 0.6) is 0 Å². The average Bonchev–Trinajstić information content (AvgIpc) is 2.84. The van der Waals surface area contributed by atoms with Gasteiger partial charge < -0.3 is 5.11 Å². The maximum absolute atomic E-state index is 10.8. The van der Waals surface area contributed by atoms with Crippen LogP contribution in [0.1, 0.15) is 31.0 Å². The van der Waals surface area contributed by atoms with Crippen molar-refractivity contribution in [2.45, 2.75) is 31.7 Å². The lowest BCUT2D eigenvalue weighted by Gasteiger charge is -2.08. The molecule has 1 N–H and O–H groups in total. The summed E-state index contributed by atoms with van der Waals surface area (Å²) in [6.45, 7) is 6.05. The molecule has 0 amide bonds. The lowest BCUT2D eigenvalue weighted by molar-refractivity contribution is -0.133. The number of benzene rings is 1. The van der Waals surface area contributed by atoms with E-state index in [2.05, 4.69) is 18.9 Å². The average molecular weight is 325 g/mol. The van der Waals surface area contributed by atoms with E-state index in [1.54, 1.807) is 4.68 Å². The van der Waals surface area contributed by atoms with Gasteiger partial charge in [0.2, 0.25) is 0 Å². The Hall–Kier alpha value is -1.46. The highest BCUT2D eigenvalue weighted by Crippen LogP contribution is 2.28. The third-order valence-corrected chi connectivity index (χ3v) is 4.42. The Balaban J connectivity index is 2.44. The number of aryl methyl sites for hydroxylation is 1. The summed E-state index contributed by atoms with van der Waals surface area (Å²) in [7, 11) is 0. The Morgan fingerprint density at radius 2 is 2.14 bits per heavy atom. The van der Waals surface area contributed by atoms with Crippen molar-refractivity contribution in [1.82, 2.24) is 9.78 Å². The first-order valence-electron chi connectivity index (χ1n) is 6.59. The summed E-state index contributed by atoms with van der Waals surface area (Å²) in [4.78, 5) is 10.8. The summed E-state index contributed by atoms with van der Waals surface area (Å²) in [5, 5.41) is 14.9. The van der Waals surface area contributed by atoms with E-state index < -0.39 is 5.97 Å². The summed E-state index contributed by atoms with van der Waals surface area (Å²) in [5.41, 5.74) is 2.77. The molecule has 4 nitrogen and oxygen atoms in total. The number of halogens is 1. The predicted octanol–water partition coefficient (Wildman–Crippen LogP) is 4.13. The van der Waals surface area contributed by atoms with Crippen LogP contribution in [0, 0.1) is 6.92 Å². The Morgan fingerprint density at radius 3 is 2.71 bits per heavy atom. The third-order valence-electron chi connectivity index (χ3n) is 3.03. The molecule has 1 heterocycles. The number of hydrogen-bond donors (Lipinski definition) is 1. The molecule has 0 radical (unpaired) electrons. The van der Waals surface area contributed by atoms with Crippen LogP contribution in [0.25, 0.3) is 5.69 Å². The highest BCUT2D eigenvalue weighted by Gasteiger charge is 2.14. The van der Waals surface area contributed by atoms with E-state index in [0.717, 1.165) is 22.0 Å². The monoisotopic (exact) mass is 324 g/mol. The Bertz CT molecular complexity index is 668. The maximum atomic E-state index is 10.8. The quantitative estimate of drug-likeness (QED) is 0.840. The molecule has 21 heavy (non-hydrogen) atoms. The number of rotatable bonds is 5. The van der Waals surface area contributed by atoms with E-state index in [-0.39, 0.29) is 11.7 Å². The minimum atomic E-state index is -0.846. The van der Waals surface area contributed by atoms with Crippen molar-refractivity contribution in [3.63, 3.8) is 0 Å². The van der Waals surface area contributed by atoms with Crippen molar-refractivity contribution in [2.75, 3.05) is 5.75 Å². The Labute approximate surface area is 133 Å². The number of aromatic nitrogens is 2. The van der Waals surface area contributed by atoms with E-state index >= 15 is 0 Å². The van der Waals surface area contributed by atoms with Gasteiger partial charge in [0.15, 0.2) is 0 Å². The number of carboxylic acids is 1. The molecule has 0 bridgehead atoms. The van der Waals surface area contributed by atoms with Crippen LogP contribution in [-0.4, -0.2) is 26.6 Å². The van der Waals surface area contributed by atoms with Gasteiger partial charge in [0.25, 0.3) is 0 Å². The second-order valence-electron chi connectivity index (χ2n) is 5.09. The van der Waals surface area contributed by atoms with Gasteiger partial charge >= 0.3 is 5.97 Å². The fourth-order valence-corrected chi connectivity index (χ4v) is 2.72. The second-order valence-corrected chi connectivity index (χ2v) is 6.49. The first-order valence-corrected chi connectivity index (χ1v) is 7.96. The molecule has 0 saturated heterocycles. The van der Waals surface area contributed by atoms with Gasteiger partial charge in [-0.2, -0.15) is 5.10 Å². The predicted molar refractivity (Wildman–Crippen MR) is 85.8 cm³/mol. The van der Waals surface area contributed by atoms with Crippen LogP contribution in [0.15, 0.2) is 29.3 Å². The smallest absolute Gasteiger partial charge is 0.313 e. The molecule has 0 unspecified atom stereocenters. The highest BCUT2D eigenvalue weighted by molar-refractivity contribution is 7.99. The fraction of sp³-hybridized carbons (Fsp3) is 0.333. The van der Waals surface area contributed by atoms with Crippen molar-refractivity contribution in [2.24, 2.45) is 0 Å². The molecule has 0 fully saturated rings. The lowest BCUT2D eigenvalue weighted by Crippen LogP contribution is -2.03. The fourth-order valence-electron chi connectivity index (χ4n) is 1.80. The zero-order chi connectivity index (χ0) is 15.6. The van der Waals surface area contributed by atoms with Gasteiger partial charge in [-0.25, -0.2) is 4.68 Å². The number of hydrogen-bond acceptors (Lipinski definition) is 3. The summed E-state index contributed by atoms with van der Waals surface area (Å²) in [6.07, 6.45) is 0. The van der Waals surface area contributed by atoms with E-state index in [9.17, 15) is 4.79 Å². The van der Waals surface area contributed by atoms with Crippen molar-refractivity contribution < 1.29 is 9.90 Å². The van der Waals surface area contributed by atoms with Gasteiger partial charge in [0.1, 0.15) is 5.03 Å². The van der Waals surface area contributed by atoms with Crippen LogP contribution in [-0.2, 0) is 4.79 Å². The van der Waals surface area contributed by atoms with Crippen molar-refractivity contribution >= 4 is 29.3 Å². The van der Waals surface area contributed by atoms with Gasteiger partial charge in [-0.1, -0.05) is 43.3 Å². The van der Waals surface area contributed by atoms with Crippen LogP contribution in [0.4, 0.5) is 0 Å². The van der Waals surface area contributed by atoms with E-state index in [0.29, 0.717) is 5.02 Å². The summed E-state index contributed by atoms with van der Waals surface area (Å²) >= 11 is 7.43. The van der Waals surface area contributed by atoms with Crippen molar-refractivity contribution in [3.8, 4) is 5.69 Å². The largest absolute Gasteiger partial charge is 0.481 e. The normalized spacial score (nSPS) is 11.1. The number of carbonyl (C=O) groups is 1. The molecule has 0 atom stereocenters. The topological polar surface area (TPSA) is 55.1 Å². The number of carboxylic acid groups (broad SMARTS) is 1.